The molecule has 0 bridgehead atoms. The van der Waals surface area contributed by atoms with Crippen molar-refractivity contribution >= 4 is 17.8 Å². The van der Waals surface area contributed by atoms with Gasteiger partial charge in [-0.05, 0) is 32.1 Å². The van der Waals surface area contributed by atoms with Crippen molar-refractivity contribution in [3.63, 3.8) is 0 Å². The molecule has 1 unspecified atom stereocenters. The van der Waals surface area contributed by atoms with E-state index in [0.717, 1.165) is 51.4 Å². The zero-order valence-electron chi connectivity index (χ0n) is 18.7. The number of hydrogen-bond acceptors (Lipinski definition) is 4. The largest absolute Gasteiger partial charge is 0.480 e. The third-order valence-electron chi connectivity index (χ3n) is 5.01. The maximum Gasteiger partial charge on any atom is 0.322 e. The van der Waals surface area contributed by atoms with E-state index in [1.54, 1.807) is 0 Å². The first-order chi connectivity index (χ1) is 14.0. The Morgan fingerprint density at radius 2 is 1.34 bits per heavy atom. The van der Waals surface area contributed by atoms with Gasteiger partial charge in [0.25, 0.3) is 0 Å². The Morgan fingerprint density at radius 1 is 0.759 bits per heavy atom. The molecule has 1 amide bonds. The fourth-order valence-electron chi connectivity index (χ4n) is 3.33. The van der Waals surface area contributed by atoms with Crippen molar-refractivity contribution in [2.45, 2.75) is 123 Å². The van der Waals surface area contributed by atoms with E-state index in [0.29, 0.717) is 12.8 Å². The fourth-order valence-corrected chi connectivity index (χ4v) is 3.33. The van der Waals surface area contributed by atoms with Crippen LogP contribution in [-0.2, 0) is 19.1 Å². The van der Waals surface area contributed by atoms with Gasteiger partial charge in [-0.15, -0.1) is 0 Å². The van der Waals surface area contributed by atoms with Crippen LogP contribution in [0.3, 0.4) is 0 Å². The van der Waals surface area contributed by atoms with Crippen molar-refractivity contribution in [1.29, 1.82) is 0 Å². The minimum Gasteiger partial charge on any atom is -0.480 e. The molecular formula is C23H43NO5. The lowest BCUT2D eigenvalue weighted by molar-refractivity contribution is -0.150. The van der Waals surface area contributed by atoms with E-state index in [1.165, 1.54) is 38.5 Å². The summed E-state index contributed by atoms with van der Waals surface area (Å²) in [5.74, 6) is -1.34. The van der Waals surface area contributed by atoms with Gasteiger partial charge in [-0.3, -0.25) is 14.4 Å². The number of carbonyl (C=O) groups excluding carboxylic acids is 2. The topological polar surface area (TPSA) is 92.7 Å². The zero-order valence-corrected chi connectivity index (χ0v) is 18.7. The third kappa shape index (κ3) is 19.5. The van der Waals surface area contributed by atoms with E-state index < -0.39 is 5.97 Å². The lowest BCUT2D eigenvalue weighted by Gasteiger charge is -2.17. The molecule has 0 saturated heterocycles. The molecule has 6 heteroatoms. The minimum atomic E-state index is -1.03. The molecule has 0 aromatic heterocycles. The number of unbranched alkanes of at least 4 members (excludes halogenated alkanes) is 9. The number of carbonyl (C=O) groups is 3. The first-order valence-electron chi connectivity index (χ1n) is 11.7. The molecular weight excluding hydrogens is 370 g/mol. The Hall–Kier alpha value is -1.59. The van der Waals surface area contributed by atoms with Gasteiger partial charge in [0.15, 0.2) is 0 Å². The summed E-state index contributed by atoms with van der Waals surface area (Å²) >= 11 is 0. The number of esters is 1. The van der Waals surface area contributed by atoms with Crippen molar-refractivity contribution in [3.05, 3.63) is 0 Å². The van der Waals surface area contributed by atoms with Crippen molar-refractivity contribution in [2.75, 3.05) is 6.54 Å². The first kappa shape index (κ1) is 27.4. The Labute approximate surface area is 177 Å². The number of carboxylic acid groups (broad SMARTS) is 1. The molecule has 0 aromatic carbocycles. The second-order valence-electron chi connectivity index (χ2n) is 7.90. The quantitative estimate of drug-likeness (QED) is 0.206. The summed E-state index contributed by atoms with van der Waals surface area (Å²) in [6.45, 7) is 3.99. The summed E-state index contributed by atoms with van der Waals surface area (Å²) in [6.07, 6.45) is 15.7. The highest BCUT2D eigenvalue weighted by atomic mass is 16.5. The molecule has 0 aromatic rings. The second kappa shape index (κ2) is 19.7. The van der Waals surface area contributed by atoms with E-state index in [9.17, 15) is 14.4 Å². The number of aliphatic carboxylic acids is 1. The van der Waals surface area contributed by atoms with Gasteiger partial charge in [0.05, 0.1) is 0 Å². The van der Waals surface area contributed by atoms with Crippen LogP contribution in [0.1, 0.15) is 117 Å². The van der Waals surface area contributed by atoms with Gasteiger partial charge < -0.3 is 15.2 Å². The van der Waals surface area contributed by atoms with Crippen LogP contribution in [0.2, 0.25) is 0 Å². The van der Waals surface area contributed by atoms with E-state index in [-0.39, 0.29) is 24.5 Å². The molecule has 1 atom stereocenters. The molecule has 0 radical (unpaired) electrons. The van der Waals surface area contributed by atoms with Gasteiger partial charge in [0.1, 0.15) is 12.6 Å². The molecule has 0 heterocycles. The van der Waals surface area contributed by atoms with Gasteiger partial charge in [0.2, 0.25) is 5.91 Å². The molecule has 0 saturated carbocycles. The van der Waals surface area contributed by atoms with Crippen LogP contribution in [0, 0.1) is 0 Å². The Morgan fingerprint density at radius 3 is 1.97 bits per heavy atom. The molecule has 170 valence electrons. The first-order valence-corrected chi connectivity index (χ1v) is 11.7. The van der Waals surface area contributed by atoms with Crippen LogP contribution in [0.4, 0.5) is 0 Å². The summed E-state index contributed by atoms with van der Waals surface area (Å²) in [6, 6.07) is 0. The lowest BCUT2D eigenvalue weighted by Crippen LogP contribution is -2.28. The highest BCUT2D eigenvalue weighted by Gasteiger charge is 2.13. The summed E-state index contributed by atoms with van der Waals surface area (Å²) in [5, 5.41) is 10.9. The molecule has 0 aliphatic rings. The Bertz CT molecular complexity index is 439. The Balaban J connectivity index is 3.77. The van der Waals surface area contributed by atoms with Crippen LogP contribution in [-0.4, -0.2) is 35.6 Å². The van der Waals surface area contributed by atoms with Gasteiger partial charge in [-0.1, -0.05) is 71.6 Å². The van der Waals surface area contributed by atoms with Crippen molar-refractivity contribution in [2.24, 2.45) is 0 Å². The van der Waals surface area contributed by atoms with Crippen LogP contribution in [0.5, 0.6) is 0 Å². The highest BCUT2D eigenvalue weighted by Crippen LogP contribution is 2.15. The number of rotatable bonds is 20. The Kier molecular flexibility index (Phi) is 18.6. The highest BCUT2D eigenvalue weighted by molar-refractivity contribution is 5.80. The predicted molar refractivity (Wildman–Crippen MR) is 116 cm³/mol. The fraction of sp³-hybridized carbons (Fsp3) is 0.870. The van der Waals surface area contributed by atoms with Crippen molar-refractivity contribution in [3.8, 4) is 0 Å². The number of amides is 1. The van der Waals surface area contributed by atoms with E-state index >= 15 is 0 Å². The van der Waals surface area contributed by atoms with Gasteiger partial charge >= 0.3 is 11.9 Å². The minimum absolute atomic E-state index is 0.0256. The zero-order chi connectivity index (χ0) is 21.7. The number of carboxylic acids is 1. The van der Waals surface area contributed by atoms with Gasteiger partial charge in [0, 0.05) is 12.8 Å². The lowest BCUT2D eigenvalue weighted by atomic mass is 10.0. The van der Waals surface area contributed by atoms with Crippen molar-refractivity contribution in [1.82, 2.24) is 5.32 Å². The maximum absolute atomic E-state index is 12.1. The third-order valence-corrected chi connectivity index (χ3v) is 5.01. The summed E-state index contributed by atoms with van der Waals surface area (Å²) in [7, 11) is 0. The van der Waals surface area contributed by atoms with Gasteiger partial charge in [-0.25, -0.2) is 0 Å². The van der Waals surface area contributed by atoms with E-state index in [4.69, 9.17) is 9.84 Å². The molecule has 2 N–H and O–H groups in total. The van der Waals surface area contributed by atoms with Gasteiger partial charge in [-0.2, -0.15) is 0 Å². The number of nitrogens with one attached hydrogen (secondary N) is 1. The number of ether oxygens (including phenoxy) is 1. The molecule has 0 aliphatic carbocycles. The van der Waals surface area contributed by atoms with Crippen molar-refractivity contribution < 1.29 is 24.2 Å². The summed E-state index contributed by atoms with van der Waals surface area (Å²) < 4.78 is 5.66. The molecule has 0 aliphatic heterocycles. The smallest absolute Gasteiger partial charge is 0.322 e. The SMILES string of the molecule is CCCCCCCCCCC(=O)OC(CCC)CCCCCC(=O)NCC(=O)O. The van der Waals surface area contributed by atoms with Crippen LogP contribution in [0.15, 0.2) is 0 Å². The van der Waals surface area contributed by atoms with E-state index in [2.05, 4.69) is 19.2 Å². The van der Waals surface area contributed by atoms with E-state index in [1.807, 2.05) is 0 Å². The molecule has 0 rings (SSSR count). The van der Waals surface area contributed by atoms with Crippen LogP contribution >= 0.6 is 0 Å². The molecule has 0 spiro atoms. The predicted octanol–water partition coefficient (Wildman–Crippen LogP) is 5.38. The molecule has 0 fully saturated rings. The number of hydrogen-bond donors (Lipinski definition) is 2. The average Bonchev–Trinajstić information content (AvgIpc) is 2.68. The summed E-state index contributed by atoms with van der Waals surface area (Å²) in [5.41, 5.74) is 0. The van der Waals surface area contributed by atoms with Crippen LogP contribution < -0.4 is 5.32 Å². The monoisotopic (exact) mass is 413 g/mol. The summed E-state index contributed by atoms with van der Waals surface area (Å²) in [4.78, 5) is 33.9. The standard InChI is InChI=1S/C23H43NO5/c1-3-5-6-7-8-9-10-14-18-23(28)29-20(15-4-2)16-12-11-13-17-21(25)24-19-22(26)27/h20H,3-19H2,1-2H3,(H,24,25)(H,26,27). The second-order valence-corrected chi connectivity index (χ2v) is 7.90. The maximum atomic E-state index is 12.1. The normalized spacial score (nSPS) is 11.8. The molecule has 29 heavy (non-hydrogen) atoms. The van der Waals surface area contributed by atoms with Crippen LogP contribution in [0.25, 0.3) is 0 Å². The average molecular weight is 414 g/mol. The molecule has 6 nitrogen and oxygen atoms in total.